The zero-order valence-electron chi connectivity index (χ0n) is 14.4. The number of ether oxygens (including phenoxy) is 2. The third-order valence-corrected chi connectivity index (χ3v) is 4.10. The van der Waals surface area contributed by atoms with E-state index in [-0.39, 0.29) is 12.5 Å². The molecule has 26 heavy (non-hydrogen) atoms. The molecule has 0 saturated heterocycles. The zero-order chi connectivity index (χ0) is 18.5. The summed E-state index contributed by atoms with van der Waals surface area (Å²) in [6, 6.07) is 5.41. The van der Waals surface area contributed by atoms with Crippen LogP contribution in [0.2, 0.25) is 0 Å². The first-order valence-corrected chi connectivity index (χ1v) is 8.49. The molecule has 0 aliphatic carbocycles. The van der Waals surface area contributed by atoms with Crippen LogP contribution in [0.25, 0.3) is 0 Å². The Balaban J connectivity index is 1.63. The van der Waals surface area contributed by atoms with Gasteiger partial charge in [0.05, 0.1) is 20.8 Å². The Morgan fingerprint density at radius 3 is 2.73 bits per heavy atom. The first-order chi connectivity index (χ1) is 12.6. The van der Waals surface area contributed by atoms with Crippen LogP contribution in [0.15, 0.2) is 28.1 Å². The minimum atomic E-state index is -0.322. The van der Waals surface area contributed by atoms with Crippen LogP contribution in [0.4, 0.5) is 10.8 Å². The van der Waals surface area contributed by atoms with Crippen LogP contribution >= 0.6 is 11.3 Å². The lowest BCUT2D eigenvalue weighted by Crippen LogP contribution is -2.23. The molecule has 0 saturated carbocycles. The van der Waals surface area contributed by atoms with E-state index in [0.29, 0.717) is 34.0 Å². The average Bonchev–Trinajstić information content (AvgIpc) is 3.28. The Kier molecular flexibility index (Phi) is 5.32. The lowest BCUT2D eigenvalue weighted by atomic mass is 10.3. The maximum absolute atomic E-state index is 12.2. The Morgan fingerprint density at radius 2 is 2.04 bits per heavy atom. The van der Waals surface area contributed by atoms with Gasteiger partial charge in [0.1, 0.15) is 5.69 Å². The first kappa shape index (κ1) is 17.7. The highest BCUT2D eigenvalue weighted by molar-refractivity contribution is 7.14. The quantitative estimate of drug-likeness (QED) is 0.648. The molecule has 0 aliphatic rings. The van der Waals surface area contributed by atoms with Crippen molar-refractivity contribution in [1.82, 2.24) is 20.4 Å². The third kappa shape index (κ3) is 4.09. The van der Waals surface area contributed by atoms with Gasteiger partial charge < -0.3 is 24.6 Å². The number of anilines is 2. The number of methoxy groups -OCH3 is 2. The van der Waals surface area contributed by atoms with Gasteiger partial charge >= 0.3 is 0 Å². The predicted molar refractivity (Wildman–Crippen MR) is 95.1 cm³/mol. The van der Waals surface area contributed by atoms with Gasteiger partial charge in [0.2, 0.25) is 5.89 Å². The summed E-state index contributed by atoms with van der Waals surface area (Å²) in [7, 11) is 3.14. The van der Waals surface area contributed by atoms with Gasteiger partial charge in [-0.05, 0) is 19.1 Å². The molecule has 1 aromatic carbocycles. The third-order valence-electron chi connectivity index (χ3n) is 3.34. The molecule has 0 bridgehead atoms. The maximum Gasteiger partial charge on any atom is 0.271 e. The van der Waals surface area contributed by atoms with Gasteiger partial charge in [0.15, 0.2) is 22.5 Å². The second kappa shape index (κ2) is 7.83. The molecule has 0 fully saturated rings. The summed E-state index contributed by atoms with van der Waals surface area (Å²) in [6.45, 7) is 1.86. The van der Waals surface area contributed by atoms with Gasteiger partial charge in [0.25, 0.3) is 5.91 Å². The summed E-state index contributed by atoms with van der Waals surface area (Å²) < 4.78 is 15.4. The van der Waals surface area contributed by atoms with Crippen LogP contribution in [0.1, 0.15) is 22.2 Å². The van der Waals surface area contributed by atoms with Crippen molar-refractivity contribution in [2.45, 2.75) is 13.5 Å². The Morgan fingerprint density at radius 1 is 1.23 bits per heavy atom. The number of aryl methyl sites for hydroxylation is 1. The van der Waals surface area contributed by atoms with E-state index >= 15 is 0 Å². The van der Waals surface area contributed by atoms with E-state index < -0.39 is 0 Å². The molecule has 136 valence electrons. The van der Waals surface area contributed by atoms with Crippen molar-refractivity contribution in [2.75, 3.05) is 19.5 Å². The molecule has 1 amide bonds. The number of benzene rings is 1. The summed E-state index contributed by atoms with van der Waals surface area (Å²) in [4.78, 5) is 20.5. The van der Waals surface area contributed by atoms with Crippen molar-refractivity contribution in [3.63, 3.8) is 0 Å². The Hall–Kier alpha value is -3.14. The van der Waals surface area contributed by atoms with E-state index in [1.165, 1.54) is 11.3 Å². The van der Waals surface area contributed by atoms with Crippen LogP contribution in [0, 0.1) is 6.92 Å². The predicted octanol–water partition coefficient (Wildman–Crippen LogP) is 2.53. The number of nitrogens with zero attached hydrogens (tertiary/aromatic N) is 3. The molecule has 0 radical (unpaired) electrons. The van der Waals surface area contributed by atoms with E-state index in [1.54, 1.807) is 38.7 Å². The number of hydrogen-bond acceptors (Lipinski definition) is 9. The number of nitrogens with one attached hydrogen (secondary N) is 2. The van der Waals surface area contributed by atoms with Crippen molar-refractivity contribution < 1.29 is 18.8 Å². The molecular weight excluding hydrogens is 358 g/mol. The highest BCUT2D eigenvalue weighted by Crippen LogP contribution is 2.31. The van der Waals surface area contributed by atoms with Crippen molar-refractivity contribution in [2.24, 2.45) is 0 Å². The highest BCUT2D eigenvalue weighted by atomic mass is 32.1. The summed E-state index contributed by atoms with van der Waals surface area (Å²) in [5, 5.41) is 11.7. The van der Waals surface area contributed by atoms with Crippen molar-refractivity contribution in [3.8, 4) is 11.5 Å². The molecule has 0 atom stereocenters. The van der Waals surface area contributed by atoms with Crippen LogP contribution in [-0.4, -0.2) is 35.3 Å². The fraction of sp³-hybridized carbons (Fsp3) is 0.250. The molecule has 9 nitrogen and oxygen atoms in total. The second-order valence-electron chi connectivity index (χ2n) is 5.15. The monoisotopic (exact) mass is 375 g/mol. The number of carbonyl (C=O) groups is 1. The fourth-order valence-corrected chi connectivity index (χ4v) is 2.84. The zero-order valence-corrected chi connectivity index (χ0v) is 15.2. The number of amides is 1. The molecule has 3 rings (SSSR count). The number of rotatable bonds is 7. The number of aromatic nitrogens is 3. The van der Waals surface area contributed by atoms with E-state index in [9.17, 15) is 4.79 Å². The molecule has 0 unspecified atom stereocenters. The van der Waals surface area contributed by atoms with Gasteiger partial charge in [0, 0.05) is 17.1 Å². The van der Waals surface area contributed by atoms with Crippen LogP contribution in [0.3, 0.4) is 0 Å². The van der Waals surface area contributed by atoms with Crippen LogP contribution in [-0.2, 0) is 6.54 Å². The van der Waals surface area contributed by atoms with Gasteiger partial charge in [-0.15, -0.1) is 11.3 Å². The number of hydrogen-bond donors (Lipinski definition) is 2. The summed E-state index contributed by atoms with van der Waals surface area (Å²) in [5.41, 5.74) is 1.07. The number of thiazole rings is 1. The SMILES string of the molecule is COc1ccc(Nc2nc(C(=O)NCc3nc(C)no3)cs2)cc1OC. The van der Waals surface area contributed by atoms with Gasteiger partial charge in [-0.25, -0.2) is 4.98 Å². The molecule has 0 spiro atoms. The molecule has 2 aromatic heterocycles. The van der Waals surface area contributed by atoms with Gasteiger partial charge in [-0.3, -0.25) is 4.79 Å². The first-order valence-electron chi connectivity index (χ1n) is 7.61. The lowest BCUT2D eigenvalue weighted by Gasteiger charge is -2.09. The molecule has 10 heteroatoms. The van der Waals surface area contributed by atoms with Crippen LogP contribution < -0.4 is 20.1 Å². The largest absolute Gasteiger partial charge is 0.493 e. The molecular formula is C16H17N5O4S. The smallest absolute Gasteiger partial charge is 0.271 e. The average molecular weight is 375 g/mol. The van der Waals surface area contributed by atoms with Gasteiger partial charge in [-0.2, -0.15) is 4.98 Å². The van der Waals surface area contributed by atoms with Crippen molar-refractivity contribution in [3.05, 3.63) is 41.0 Å². The Labute approximate surface area is 153 Å². The molecule has 2 heterocycles. The van der Waals surface area contributed by atoms with E-state index in [4.69, 9.17) is 14.0 Å². The van der Waals surface area contributed by atoms with E-state index in [0.717, 1.165) is 5.69 Å². The van der Waals surface area contributed by atoms with E-state index in [2.05, 4.69) is 25.8 Å². The molecule has 0 aliphatic heterocycles. The lowest BCUT2D eigenvalue weighted by molar-refractivity contribution is 0.0942. The second-order valence-corrected chi connectivity index (χ2v) is 6.01. The summed E-state index contributed by atoms with van der Waals surface area (Å²) in [5.74, 6) is 1.77. The summed E-state index contributed by atoms with van der Waals surface area (Å²) >= 11 is 1.32. The normalized spacial score (nSPS) is 10.4. The number of carbonyl (C=O) groups excluding carboxylic acids is 1. The minimum absolute atomic E-state index is 0.148. The van der Waals surface area contributed by atoms with E-state index in [1.807, 2.05) is 6.07 Å². The fourth-order valence-electron chi connectivity index (χ4n) is 2.13. The summed E-state index contributed by atoms with van der Waals surface area (Å²) in [6.07, 6.45) is 0. The van der Waals surface area contributed by atoms with Crippen molar-refractivity contribution >= 4 is 28.1 Å². The Bertz CT molecular complexity index is 908. The maximum atomic E-state index is 12.2. The van der Waals surface area contributed by atoms with Crippen molar-refractivity contribution in [1.29, 1.82) is 0 Å². The molecule has 2 N–H and O–H groups in total. The van der Waals surface area contributed by atoms with Gasteiger partial charge in [-0.1, -0.05) is 5.16 Å². The standard InChI is InChI=1S/C16H17N5O4S/c1-9-18-14(25-21-9)7-17-15(22)11-8-26-16(20-11)19-10-4-5-12(23-2)13(6-10)24-3/h4-6,8H,7H2,1-3H3,(H,17,22)(H,19,20). The molecule has 3 aromatic rings. The van der Waals surface area contributed by atoms with Crippen LogP contribution in [0.5, 0.6) is 11.5 Å². The minimum Gasteiger partial charge on any atom is -0.493 e. The highest BCUT2D eigenvalue weighted by Gasteiger charge is 2.13. The topological polar surface area (TPSA) is 111 Å².